The predicted molar refractivity (Wildman–Crippen MR) is 104 cm³/mol. The van der Waals surface area contributed by atoms with Crippen molar-refractivity contribution < 1.29 is 4.74 Å². The molecule has 0 aliphatic rings. The summed E-state index contributed by atoms with van der Waals surface area (Å²) in [5.74, 6) is 1.50. The zero-order valence-corrected chi connectivity index (χ0v) is 15.5. The van der Waals surface area contributed by atoms with Crippen LogP contribution < -0.4 is 16.0 Å². The molecule has 2 N–H and O–H groups in total. The highest BCUT2D eigenvalue weighted by Gasteiger charge is 2.09. The second kappa shape index (κ2) is 8.62. The van der Waals surface area contributed by atoms with Crippen molar-refractivity contribution >= 4 is 21.7 Å². The molecule has 25 heavy (non-hydrogen) atoms. The Morgan fingerprint density at radius 3 is 2.64 bits per heavy atom. The van der Waals surface area contributed by atoms with Crippen LogP contribution in [0.5, 0.6) is 5.75 Å². The average Bonchev–Trinajstić information content (AvgIpc) is 2.64. The van der Waals surface area contributed by atoms with Gasteiger partial charge < -0.3 is 15.0 Å². The minimum absolute atomic E-state index is 0.0300. The lowest BCUT2D eigenvalue weighted by Gasteiger charge is -2.12. The van der Waals surface area contributed by atoms with E-state index < -0.39 is 0 Å². The van der Waals surface area contributed by atoms with E-state index in [4.69, 9.17) is 4.74 Å². The highest BCUT2D eigenvalue weighted by molar-refractivity contribution is 6.05. The van der Waals surface area contributed by atoms with Gasteiger partial charge in [-0.2, -0.15) is 0 Å². The van der Waals surface area contributed by atoms with Gasteiger partial charge in [0, 0.05) is 30.9 Å². The Bertz CT molecular complexity index is 900. The van der Waals surface area contributed by atoms with Crippen LogP contribution in [0.1, 0.15) is 26.7 Å². The van der Waals surface area contributed by atoms with Gasteiger partial charge in [0.1, 0.15) is 5.75 Å². The van der Waals surface area contributed by atoms with Crippen LogP contribution in [-0.2, 0) is 7.05 Å². The second-order valence-electron chi connectivity index (χ2n) is 6.35. The summed E-state index contributed by atoms with van der Waals surface area (Å²) in [4.78, 5) is 16.5. The highest BCUT2D eigenvalue weighted by atomic mass is 16.5. The Morgan fingerprint density at radius 1 is 1.16 bits per heavy atom. The fourth-order valence-corrected chi connectivity index (χ4v) is 2.88. The number of nitrogens with two attached hydrogens (primary N) is 1. The molecule has 2 aromatic heterocycles. The van der Waals surface area contributed by atoms with E-state index in [1.54, 1.807) is 24.0 Å². The van der Waals surface area contributed by atoms with Gasteiger partial charge in [-0.25, -0.2) is 0 Å². The molecule has 0 unspecified atom stereocenters. The Balaban J connectivity index is 0.00000109. The van der Waals surface area contributed by atoms with Crippen LogP contribution >= 0.6 is 0 Å². The Labute approximate surface area is 148 Å². The summed E-state index contributed by atoms with van der Waals surface area (Å²) in [6.45, 7) is 5.13. The summed E-state index contributed by atoms with van der Waals surface area (Å²) in [5.41, 5.74) is 5.35. The third-order valence-corrected chi connectivity index (χ3v) is 4.17. The van der Waals surface area contributed by atoms with Crippen LogP contribution in [0.3, 0.4) is 0 Å². The largest absolute Gasteiger partial charge is 0.494 e. The van der Waals surface area contributed by atoms with Gasteiger partial charge >= 0.3 is 0 Å². The van der Waals surface area contributed by atoms with Crippen LogP contribution in [0.4, 0.5) is 0 Å². The fourth-order valence-electron chi connectivity index (χ4n) is 2.88. The third-order valence-electron chi connectivity index (χ3n) is 4.17. The van der Waals surface area contributed by atoms with Crippen LogP contribution in [0.2, 0.25) is 0 Å². The van der Waals surface area contributed by atoms with Crippen molar-refractivity contribution in [2.24, 2.45) is 18.7 Å². The van der Waals surface area contributed by atoms with Crippen molar-refractivity contribution in [1.82, 2.24) is 9.55 Å². The van der Waals surface area contributed by atoms with E-state index in [0.717, 1.165) is 34.9 Å². The quantitative estimate of drug-likeness (QED) is 0.570. The lowest BCUT2D eigenvalue weighted by molar-refractivity contribution is 0.298. The number of nitrogens with zero attached hydrogens (tertiary/aromatic N) is 2. The van der Waals surface area contributed by atoms with E-state index in [2.05, 4.69) is 24.6 Å². The summed E-state index contributed by atoms with van der Waals surface area (Å²) < 4.78 is 7.51. The van der Waals surface area contributed by atoms with E-state index in [-0.39, 0.29) is 5.56 Å². The van der Waals surface area contributed by atoms with Crippen molar-refractivity contribution in [1.29, 1.82) is 0 Å². The van der Waals surface area contributed by atoms with E-state index in [1.165, 1.54) is 7.05 Å². The number of fused-ring (bicyclic) bond motifs is 3. The van der Waals surface area contributed by atoms with E-state index in [1.807, 2.05) is 24.3 Å². The lowest BCUT2D eigenvalue weighted by Crippen LogP contribution is -2.17. The highest BCUT2D eigenvalue weighted by Crippen LogP contribution is 2.25. The zero-order chi connectivity index (χ0) is 18.4. The molecule has 0 aliphatic heterocycles. The van der Waals surface area contributed by atoms with Crippen LogP contribution in [-0.4, -0.2) is 23.2 Å². The monoisotopic (exact) mass is 341 g/mol. The van der Waals surface area contributed by atoms with Crippen molar-refractivity contribution in [3.63, 3.8) is 0 Å². The summed E-state index contributed by atoms with van der Waals surface area (Å²) >= 11 is 0. The number of aromatic nitrogens is 2. The van der Waals surface area contributed by atoms with Crippen LogP contribution in [0, 0.1) is 5.92 Å². The Morgan fingerprint density at radius 2 is 1.92 bits per heavy atom. The molecule has 0 aliphatic carbocycles. The van der Waals surface area contributed by atoms with E-state index in [0.29, 0.717) is 17.9 Å². The summed E-state index contributed by atoms with van der Waals surface area (Å²) in [7, 11) is 3.29. The average molecular weight is 341 g/mol. The first-order chi connectivity index (χ1) is 12.1. The number of rotatable bonds is 5. The molecule has 0 bridgehead atoms. The number of ether oxygens (including phenoxy) is 1. The van der Waals surface area contributed by atoms with E-state index >= 15 is 0 Å². The number of benzene rings is 1. The van der Waals surface area contributed by atoms with Crippen molar-refractivity contribution in [3.8, 4) is 5.75 Å². The molecule has 5 heteroatoms. The van der Waals surface area contributed by atoms with Gasteiger partial charge in [-0.3, -0.25) is 9.78 Å². The summed E-state index contributed by atoms with van der Waals surface area (Å²) in [6, 6.07) is 7.84. The first kappa shape index (κ1) is 18.9. The maximum Gasteiger partial charge on any atom is 0.260 e. The standard InChI is InChI=1S/C19H22N2O2.CH5N/c1-13(2)5-4-10-23-14-6-7-16-15-8-9-20-12-17(15)19(22)21(3)18(16)11-14;1-2/h6-9,11-13H,4-5,10H2,1-3H3;2H2,1H3. The zero-order valence-electron chi connectivity index (χ0n) is 15.5. The van der Waals surface area contributed by atoms with Crippen molar-refractivity contribution in [2.75, 3.05) is 13.7 Å². The van der Waals surface area contributed by atoms with Crippen LogP contribution in [0.15, 0.2) is 41.5 Å². The first-order valence-electron chi connectivity index (χ1n) is 8.65. The lowest BCUT2D eigenvalue weighted by atomic mass is 10.1. The molecule has 5 nitrogen and oxygen atoms in total. The fraction of sp³-hybridized carbons (Fsp3) is 0.400. The minimum Gasteiger partial charge on any atom is -0.494 e. The number of pyridine rings is 2. The normalized spacial score (nSPS) is 10.8. The first-order valence-corrected chi connectivity index (χ1v) is 8.65. The molecule has 0 amide bonds. The number of hydrogen-bond acceptors (Lipinski definition) is 4. The minimum atomic E-state index is -0.0300. The maximum absolute atomic E-state index is 12.5. The van der Waals surface area contributed by atoms with Gasteiger partial charge in [-0.1, -0.05) is 13.8 Å². The molecule has 0 atom stereocenters. The van der Waals surface area contributed by atoms with Gasteiger partial charge in [-0.05, 0) is 49.4 Å². The third kappa shape index (κ3) is 4.17. The van der Waals surface area contributed by atoms with Gasteiger partial charge in [-0.15, -0.1) is 0 Å². The molecule has 1 aromatic carbocycles. The van der Waals surface area contributed by atoms with Gasteiger partial charge in [0.15, 0.2) is 0 Å². The molecule has 2 heterocycles. The molecule has 0 saturated carbocycles. The molecule has 3 aromatic rings. The Kier molecular flexibility index (Phi) is 6.53. The summed E-state index contributed by atoms with van der Waals surface area (Å²) in [6.07, 6.45) is 5.55. The summed E-state index contributed by atoms with van der Waals surface area (Å²) in [5, 5.41) is 2.62. The molecule has 0 fully saturated rings. The van der Waals surface area contributed by atoms with Gasteiger partial charge in [0.2, 0.25) is 0 Å². The number of hydrogen-bond donors (Lipinski definition) is 1. The predicted octanol–water partition coefficient (Wildman–Crippen LogP) is 3.48. The topological polar surface area (TPSA) is 70.1 Å². The number of aryl methyl sites for hydroxylation is 1. The molecule has 0 spiro atoms. The van der Waals surface area contributed by atoms with Crippen LogP contribution in [0.25, 0.3) is 21.7 Å². The molecule has 0 radical (unpaired) electrons. The molecule has 3 rings (SSSR count). The molecule has 0 saturated heterocycles. The SMILES string of the molecule is CC(C)CCCOc1ccc2c3ccncc3c(=O)n(C)c2c1.CN. The van der Waals surface area contributed by atoms with Gasteiger partial charge in [0.25, 0.3) is 5.56 Å². The maximum atomic E-state index is 12.5. The van der Waals surface area contributed by atoms with Crippen molar-refractivity contribution in [2.45, 2.75) is 26.7 Å². The van der Waals surface area contributed by atoms with Crippen molar-refractivity contribution in [3.05, 3.63) is 47.0 Å². The molecular formula is C20H27N3O2. The molecular weight excluding hydrogens is 314 g/mol. The van der Waals surface area contributed by atoms with Gasteiger partial charge in [0.05, 0.1) is 17.5 Å². The smallest absolute Gasteiger partial charge is 0.260 e. The van der Waals surface area contributed by atoms with E-state index in [9.17, 15) is 4.79 Å². The Hall–Kier alpha value is -2.40. The second-order valence-corrected chi connectivity index (χ2v) is 6.35. The molecule has 134 valence electrons.